The Morgan fingerprint density at radius 3 is 2.61 bits per heavy atom. The quantitative estimate of drug-likeness (QED) is 0.619. The molecule has 4 nitrogen and oxygen atoms in total. The van der Waals surface area contributed by atoms with Crippen molar-refractivity contribution in [2.24, 2.45) is 0 Å². The van der Waals surface area contributed by atoms with Crippen molar-refractivity contribution in [3.05, 3.63) is 53.6 Å². The molecule has 0 unspecified atom stereocenters. The maximum atomic E-state index is 12.8. The molecule has 0 N–H and O–H groups in total. The van der Waals surface area contributed by atoms with Crippen LogP contribution >= 0.6 is 0 Å². The molecule has 1 fully saturated rings. The van der Waals surface area contributed by atoms with E-state index in [4.69, 9.17) is 4.98 Å². The number of hydrogen-bond donors (Lipinski definition) is 0. The SMILES string of the molecule is Cc1cc2nc(-c3ccccc3OC(F)F)cc(C)c2cc1N1CCCC1=O. The Labute approximate surface area is 161 Å². The molecule has 2 heterocycles. The van der Waals surface area contributed by atoms with Crippen molar-refractivity contribution in [2.75, 3.05) is 11.4 Å². The van der Waals surface area contributed by atoms with Gasteiger partial charge in [-0.15, -0.1) is 0 Å². The number of hydrogen-bond acceptors (Lipinski definition) is 3. The van der Waals surface area contributed by atoms with E-state index in [0.29, 0.717) is 17.7 Å². The Balaban J connectivity index is 1.83. The lowest BCUT2D eigenvalue weighted by atomic mass is 10.0. The first-order chi connectivity index (χ1) is 13.4. The molecule has 0 saturated carbocycles. The number of carbonyl (C=O) groups excluding carboxylic acids is 1. The fraction of sp³-hybridized carbons (Fsp3) is 0.273. The minimum atomic E-state index is -2.90. The molecule has 0 radical (unpaired) electrons. The van der Waals surface area contributed by atoms with Gasteiger partial charge in [0.25, 0.3) is 0 Å². The van der Waals surface area contributed by atoms with Crippen molar-refractivity contribution >= 4 is 22.5 Å². The van der Waals surface area contributed by atoms with Crippen LogP contribution in [0.5, 0.6) is 5.75 Å². The molecule has 0 atom stereocenters. The average Bonchev–Trinajstić information content (AvgIpc) is 3.07. The average molecular weight is 382 g/mol. The standard InChI is InChI=1S/C22H20F2N2O2/c1-13-10-17(15-6-3-4-7-20(15)28-22(23)24)25-18-11-14(2)19(12-16(13)18)26-9-5-8-21(26)27/h3-4,6-7,10-12,22H,5,8-9H2,1-2H3. The van der Waals surface area contributed by atoms with E-state index in [1.54, 1.807) is 18.2 Å². The summed E-state index contributed by atoms with van der Waals surface area (Å²) in [5, 5.41) is 0.941. The molecule has 0 bridgehead atoms. The predicted octanol–water partition coefficient (Wildman–Crippen LogP) is 5.25. The topological polar surface area (TPSA) is 42.4 Å². The van der Waals surface area contributed by atoms with Crippen LogP contribution in [0.25, 0.3) is 22.2 Å². The number of alkyl halides is 2. The third-order valence-electron chi connectivity index (χ3n) is 5.08. The predicted molar refractivity (Wildman–Crippen MR) is 105 cm³/mol. The number of anilines is 1. The molecule has 1 saturated heterocycles. The van der Waals surface area contributed by atoms with E-state index in [0.717, 1.165) is 40.7 Å². The molecule has 1 aliphatic heterocycles. The summed E-state index contributed by atoms with van der Waals surface area (Å²) >= 11 is 0. The first-order valence-electron chi connectivity index (χ1n) is 9.20. The summed E-state index contributed by atoms with van der Waals surface area (Å²) in [7, 11) is 0. The molecule has 144 valence electrons. The number of para-hydroxylation sites is 1. The van der Waals surface area contributed by atoms with Gasteiger partial charge in [-0.05, 0) is 61.7 Å². The second kappa shape index (κ2) is 7.19. The molecule has 3 aromatic rings. The highest BCUT2D eigenvalue weighted by Gasteiger charge is 2.24. The monoisotopic (exact) mass is 382 g/mol. The van der Waals surface area contributed by atoms with E-state index in [9.17, 15) is 13.6 Å². The Morgan fingerprint density at radius 1 is 1.11 bits per heavy atom. The van der Waals surface area contributed by atoms with Crippen molar-refractivity contribution in [3.63, 3.8) is 0 Å². The van der Waals surface area contributed by atoms with Crippen LogP contribution in [-0.2, 0) is 4.79 Å². The Hall–Kier alpha value is -3.02. The Morgan fingerprint density at radius 2 is 1.89 bits per heavy atom. The van der Waals surface area contributed by atoms with Gasteiger partial charge in [-0.25, -0.2) is 4.98 Å². The maximum Gasteiger partial charge on any atom is 0.387 e. The molecule has 1 aliphatic rings. The summed E-state index contributed by atoms with van der Waals surface area (Å²) in [6.07, 6.45) is 1.45. The number of carbonyl (C=O) groups is 1. The highest BCUT2D eigenvalue weighted by molar-refractivity contribution is 5.99. The largest absolute Gasteiger partial charge is 0.434 e. The van der Waals surface area contributed by atoms with E-state index in [-0.39, 0.29) is 11.7 Å². The fourth-order valence-corrected chi connectivity index (χ4v) is 3.74. The number of ether oxygens (including phenoxy) is 1. The maximum absolute atomic E-state index is 12.8. The minimum Gasteiger partial charge on any atom is -0.434 e. The summed E-state index contributed by atoms with van der Waals surface area (Å²) in [5.41, 5.74) is 4.68. The second-order valence-corrected chi connectivity index (χ2v) is 7.00. The van der Waals surface area contributed by atoms with Crippen LogP contribution in [0.2, 0.25) is 0 Å². The molecule has 1 aromatic heterocycles. The zero-order valence-corrected chi connectivity index (χ0v) is 15.7. The summed E-state index contributed by atoms with van der Waals surface area (Å²) in [4.78, 5) is 18.7. The number of aryl methyl sites for hydroxylation is 2. The first-order valence-corrected chi connectivity index (χ1v) is 9.20. The molecule has 6 heteroatoms. The van der Waals surface area contributed by atoms with Crippen LogP contribution in [0.1, 0.15) is 24.0 Å². The van der Waals surface area contributed by atoms with Gasteiger partial charge in [0.15, 0.2) is 0 Å². The number of rotatable bonds is 4. The second-order valence-electron chi connectivity index (χ2n) is 7.00. The van der Waals surface area contributed by atoms with Crippen LogP contribution in [0.4, 0.5) is 14.5 Å². The number of nitrogens with zero attached hydrogens (tertiary/aromatic N) is 2. The number of benzene rings is 2. The highest BCUT2D eigenvalue weighted by Crippen LogP contribution is 2.35. The number of fused-ring (bicyclic) bond motifs is 1. The van der Waals surface area contributed by atoms with Crippen molar-refractivity contribution in [2.45, 2.75) is 33.3 Å². The lowest BCUT2D eigenvalue weighted by Crippen LogP contribution is -2.24. The summed E-state index contributed by atoms with van der Waals surface area (Å²) < 4.78 is 30.2. The van der Waals surface area contributed by atoms with E-state index in [1.165, 1.54) is 6.07 Å². The third kappa shape index (κ3) is 3.30. The van der Waals surface area contributed by atoms with Crippen molar-refractivity contribution < 1.29 is 18.3 Å². The van der Waals surface area contributed by atoms with E-state index >= 15 is 0 Å². The minimum absolute atomic E-state index is 0.0970. The van der Waals surface area contributed by atoms with Gasteiger partial charge >= 0.3 is 6.61 Å². The van der Waals surface area contributed by atoms with E-state index in [1.807, 2.05) is 36.9 Å². The molecular weight excluding hydrogens is 362 g/mol. The number of halogens is 2. The summed E-state index contributed by atoms with van der Waals surface area (Å²) in [6, 6.07) is 12.5. The van der Waals surface area contributed by atoms with Crippen molar-refractivity contribution in [1.29, 1.82) is 0 Å². The van der Waals surface area contributed by atoms with Crippen LogP contribution < -0.4 is 9.64 Å². The van der Waals surface area contributed by atoms with Gasteiger partial charge in [0.2, 0.25) is 5.91 Å². The molecule has 0 aliphatic carbocycles. The van der Waals surface area contributed by atoms with Crippen LogP contribution in [-0.4, -0.2) is 24.0 Å². The molecule has 28 heavy (non-hydrogen) atoms. The lowest BCUT2D eigenvalue weighted by Gasteiger charge is -2.20. The van der Waals surface area contributed by atoms with Crippen LogP contribution in [0.15, 0.2) is 42.5 Å². The molecular formula is C22H20F2N2O2. The van der Waals surface area contributed by atoms with Gasteiger partial charge in [0.1, 0.15) is 5.75 Å². The number of aromatic nitrogens is 1. The third-order valence-corrected chi connectivity index (χ3v) is 5.08. The van der Waals surface area contributed by atoms with Crippen LogP contribution in [0, 0.1) is 13.8 Å². The van der Waals surface area contributed by atoms with Gasteiger partial charge in [-0.2, -0.15) is 8.78 Å². The van der Waals surface area contributed by atoms with Gasteiger partial charge < -0.3 is 9.64 Å². The number of amides is 1. The lowest BCUT2D eigenvalue weighted by molar-refractivity contribution is -0.117. The van der Waals surface area contributed by atoms with Gasteiger partial charge in [0, 0.05) is 29.6 Å². The highest BCUT2D eigenvalue weighted by atomic mass is 19.3. The number of pyridine rings is 1. The summed E-state index contributed by atoms with van der Waals surface area (Å²) in [5.74, 6) is 0.238. The van der Waals surface area contributed by atoms with Gasteiger partial charge in [-0.1, -0.05) is 12.1 Å². The normalized spacial score (nSPS) is 14.3. The van der Waals surface area contributed by atoms with Crippen molar-refractivity contribution in [3.8, 4) is 17.0 Å². The Kier molecular flexibility index (Phi) is 4.71. The summed E-state index contributed by atoms with van der Waals surface area (Å²) in [6.45, 7) is 1.74. The van der Waals surface area contributed by atoms with Crippen LogP contribution in [0.3, 0.4) is 0 Å². The molecule has 4 rings (SSSR count). The fourth-order valence-electron chi connectivity index (χ4n) is 3.74. The van der Waals surface area contributed by atoms with E-state index < -0.39 is 6.61 Å². The Bertz CT molecular complexity index is 1070. The first kappa shape index (κ1) is 18.3. The zero-order chi connectivity index (χ0) is 19.8. The molecule has 0 spiro atoms. The van der Waals surface area contributed by atoms with Gasteiger partial charge in [0.05, 0.1) is 11.2 Å². The smallest absolute Gasteiger partial charge is 0.387 e. The molecule has 1 amide bonds. The zero-order valence-electron chi connectivity index (χ0n) is 15.7. The van der Waals surface area contributed by atoms with Gasteiger partial charge in [-0.3, -0.25) is 4.79 Å². The van der Waals surface area contributed by atoms with Crippen molar-refractivity contribution in [1.82, 2.24) is 4.98 Å². The molecule has 2 aromatic carbocycles. The van der Waals surface area contributed by atoms with E-state index in [2.05, 4.69) is 4.74 Å².